The van der Waals surface area contributed by atoms with Crippen LogP contribution in [-0.4, -0.2) is 60.2 Å². The summed E-state index contributed by atoms with van der Waals surface area (Å²) in [6.45, 7) is -0.645. The van der Waals surface area contributed by atoms with Gasteiger partial charge in [-0.25, -0.2) is 4.68 Å². The van der Waals surface area contributed by atoms with Crippen molar-refractivity contribution in [2.45, 2.75) is 24.7 Å². The molecular formula is C7H14N4O4S. The number of nitrogens with zero attached hydrogens (tertiary/aromatic N) is 2. The Hall–Kier alpha value is -1.00. The molecular weight excluding hydrogens is 236 g/mol. The number of rotatable bonds is 5. The van der Waals surface area contributed by atoms with Gasteiger partial charge in [0.25, 0.3) is 0 Å². The van der Waals surface area contributed by atoms with Crippen LogP contribution in [0.5, 0.6) is 0 Å². The molecule has 0 aromatic carbocycles. The van der Waals surface area contributed by atoms with Gasteiger partial charge in [0.05, 0.1) is 12.7 Å². The Kier molecular flexibility index (Phi) is 4.38. The molecule has 0 saturated carbocycles. The van der Waals surface area contributed by atoms with Crippen molar-refractivity contribution in [3.05, 3.63) is 10.6 Å². The second-order valence-electron chi connectivity index (χ2n) is 3.33. The van der Waals surface area contributed by atoms with Crippen molar-refractivity contribution >= 4 is 12.2 Å². The van der Waals surface area contributed by atoms with Crippen molar-refractivity contribution in [1.29, 1.82) is 0 Å². The fourth-order valence-electron chi connectivity index (χ4n) is 1.15. The number of nitrogen functional groups attached to an aromatic ring is 1. The van der Waals surface area contributed by atoms with E-state index >= 15 is 0 Å². The van der Waals surface area contributed by atoms with E-state index < -0.39 is 24.9 Å². The number of aromatic nitrogens is 3. The van der Waals surface area contributed by atoms with Crippen LogP contribution in [0.15, 0.2) is 0 Å². The number of aromatic amines is 1. The number of H-pyrrole nitrogens is 1. The normalized spacial score (nSPS) is 17.0. The zero-order chi connectivity index (χ0) is 12.3. The van der Waals surface area contributed by atoms with E-state index in [1.807, 2.05) is 0 Å². The molecule has 16 heavy (non-hydrogen) atoms. The van der Waals surface area contributed by atoms with Crippen LogP contribution in [0.1, 0.15) is 5.82 Å². The molecule has 0 saturated heterocycles. The third-order valence-corrected chi connectivity index (χ3v) is 2.43. The Bertz CT molecular complexity index is 392. The average Bonchev–Trinajstić information content (AvgIpc) is 2.58. The second-order valence-corrected chi connectivity index (χ2v) is 3.71. The Morgan fingerprint density at radius 1 is 1.38 bits per heavy atom. The molecule has 92 valence electrons. The van der Waals surface area contributed by atoms with E-state index in [1.165, 1.54) is 0 Å². The lowest BCUT2D eigenvalue weighted by atomic mass is 10.1. The maximum absolute atomic E-state index is 9.53. The minimum absolute atomic E-state index is 0.0954. The molecule has 1 rings (SSSR count). The van der Waals surface area contributed by atoms with Crippen molar-refractivity contribution in [3.8, 4) is 0 Å². The van der Waals surface area contributed by atoms with Crippen LogP contribution in [0.4, 0.5) is 0 Å². The first-order chi connectivity index (χ1) is 7.47. The van der Waals surface area contributed by atoms with Crippen LogP contribution < -0.4 is 5.84 Å². The number of hydrogen-bond acceptors (Lipinski definition) is 7. The highest BCUT2D eigenvalue weighted by atomic mass is 32.1. The lowest BCUT2D eigenvalue weighted by Crippen LogP contribution is -2.41. The van der Waals surface area contributed by atoms with Gasteiger partial charge in [0.2, 0.25) is 4.77 Å². The van der Waals surface area contributed by atoms with E-state index in [2.05, 4.69) is 10.2 Å². The quantitative estimate of drug-likeness (QED) is 0.246. The highest BCUT2D eigenvalue weighted by Crippen LogP contribution is 2.06. The summed E-state index contributed by atoms with van der Waals surface area (Å²) in [6, 6.07) is 0. The van der Waals surface area contributed by atoms with Crippen LogP contribution in [-0.2, 0) is 6.42 Å². The van der Waals surface area contributed by atoms with Gasteiger partial charge in [0.15, 0.2) is 5.82 Å². The molecule has 1 aromatic heterocycles. The molecule has 9 heteroatoms. The first kappa shape index (κ1) is 13.1. The number of hydrogen-bond donors (Lipinski definition) is 6. The van der Waals surface area contributed by atoms with E-state index in [-0.39, 0.29) is 17.0 Å². The predicted molar refractivity (Wildman–Crippen MR) is 56.4 cm³/mol. The zero-order valence-electron chi connectivity index (χ0n) is 8.32. The molecule has 1 aromatic rings. The maximum Gasteiger partial charge on any atom is 0.214 e. The molecule has 0 spiro atoms. The largest absolute Gasteiger partial charge is 0.394 e. The highest BCUT2D eigenvalue weighted by Gasteiger charge is 2.25. The smallest absolute Gasteiger partial charge is 0.214 e. The van der Waals surface area contributed by atoms with Gasteiger partial charge in [-0.1, -0.05) is 0 Å². The van der Waals surface area contributed by atoms with Gasteiger partial charge in [0, 0.05) is 6.42 Å². The van der Waals surface area contributed by atoms with Gasteiger partial charge in [-0.2, -0.15) is 5.10 Å². The van der Waals surface area contributed by atoms with Gasteiger partial charge in [-0.05, 0) is 12.2 Å². The van der Waals surface area contributed by atoms with Crippen molar-refractivity contribution in [2.24, 2.45) is 0 Å². The fraction of sp³-hybridized carbons (Fsp3) is 0.714. The molecule has 0 bridgehead atoms. The molecule has 0 fully saturated rings. The summed E-state index contributed by atoms with van der Waals surface area (Å²) in [7, 11) is 0. The molecule has 0 aliphatic heterocycles. The topological polar surface area (TPSA) is 141 Å². The van der Waals surface area contributed by atoms with Crippen molar-refractivity contribution in [3.63, 3.8) is 0 Å². The van der Waals surface area contributed by atoms with Gasteiger partial charge < -0.3 is 26.3 Å². The summed E-state index contributed by atoms with van der Waals surface area (Å²) in [4.78, 5) is 0. The molecule has 3 atom stereocenters. The van der Waals surface area contributed by atoms with Crippen LogP contribution in [0, 0.1) is 4.77 Å². The minimum atomic E-state index is -1.48. The molecule has 8 nitrogen and oxygen atoms in total. The molecule has 1 heterocycles. The number of nitrogens with two attached hydrogens (primary N) is 1. The Morgan fingerprint density at radius 3 is 2.44 bits per heavy atom. The summed E-state index contributed by atoms with van der Waals surface area (Å²) in [5.41, 5.74) is 0. The van der Waals surface area contributed by atoms with E-state index in [4.69, 9.17) is 28.3 Å². The third kappa shape index (κ3) is 2.77. The molecule has 0 aliphatic rings. The van der Waals surface area contributed by atoms with Crippen LogP contribution in [0.3, 0.4) is 0 Å². The molecule has 7 N–H and O–H groups in total. The molecule has 0 radical (unpaired) electrons. The van der Waals surface area contributed by atoms with Crippen molar-refractivity contribution in [2.75, 3.05) is 12.4 Å². The van der Waals surface area contributed by atoms with Gasteiger partial charge >= 0.3 is 0 Å². The van der Waals surface area contributed by atoms with Crippen molar-refractivity contribution < 1.29 is 20.4 Å². The van der Waals surface area contributed by atoms with Crippen LogP contribution in [0.25, 0.3) is 0 Å². The van der Waals surface area contributed by atoms with E-state index in [0.717, 1.165) is 4.68 Å². The molecule has 0 aliphatic carbocycles. The SMILES string of the molecule is Nn1c(C[C@H](O)[C@@H](O)[C@H](O)CO)n[nH]c1=S. The second kappa shape index (κ2) is 5.37. The summed E-state index contributed by atoms with van der Waals surface area (Å²) in [5, 5.41) is 42.7. The van der Waals surface area contributed by atoms with E-state index in [0.29, 0.717) is 0 Å². The van der Waals surface area contributed by atoms with Gasteiger partial charge in [-0.3, -0.25) is 5.10 Å². The number of nitrogens with one attached hydrogen (secondary N) is 1. The first-order valence-corrected chi connectivity index (χ1v) is 4.94. The Balaban J connectivity index is 2.67. The average molecular weight is 250 g/mol. The summed E-state index contributed by atoms with van der Waals surface area (Å²) >= 11 is 4.75. The monoisotopic (exact) mass is 250 g/mol. The standard InChI is InChI=1S/C7H14N4O4S/c8-11-5(9-10-7(11)16)1-3(13)6(15)4(14)2-12/h3-4,6,12-15H,1-2,8H2,(H,10,16)/t3-,4+,6+/m0/s1. The highest BCUT2D eigenvalue weighted by molar-refractivity contribution is 7.71. The minimum Gasteiger partial charge on any atom is -0.394 e. The number of aliphatic hydroxyl groups excluding tert-OH is 4. The first-order valence-electron chi connectivity index (χ1n) is 4.53. The lowest BCUT2D eigenvalue weighted by Gasteiger charge is -2.20. The summed E-state index contributed by atoms with van der Waals surface area (Å²) < 4.78 is 1.23. The van der Waals surface area contributed by atoms with Crippen LogP contribution >= 0.6 is 12.2 Å². The van der Waals surface area contributed by atoms with E-state index in [1.54, 1.807) is 0 Å². The van der Waals surface area contributed by atoms with Gasteiger partial charge in [0.1, 0.15) is 12.2 Å². The Labute approximate surface area is 95.9 Å². The summed E-state index contributed by atoms with van der Waals surface area (Å²) in [5.74, 6) is 5.71. The lowest BCUT2D eigenvalue weighted by molar-refractivity contribution is -0.0762. The molecule has 0 amide bonds. The maximum atomic E-state index is 9.53. The van der Waals surface area contributed by atoms with Crippen LogP contribution in [0.2, 0.25) is 0 Å². The number of aliphatic hydroxyl groups is 4. The van der Waals surface area contributed by atoms with E-state index in [9.17, 15) is 10.2 Å². The Morgan fingerprint density at radius 2 is 2.00 bits per heavy atom. The predicted octanol–water partition coefficient (Wildman–Crippen LogP) is -2.73. The fourth-order valence-corrected chi connectivity index (χ4v) is 1.30. The van der Waals surface area contributed by atoms with Crippen molar-refractivity contribution in [1.82, 2.24) is 14.9 Å². The summed E-state index contributed by atoms with van der Waals surface area (Å²) in [6.07, 6.45) is -4.28. The third-order valence-electron chi connectivity index (χ3n) is 2.14. The zero-order valence-corrected chi connectivity index (χ0v) is 9.13. The molecule has 0 unspecified atom stereocenters. The van der Waals surface area contributed by atoms with Gasteiger partial charge in [-0.15, -0.1) is 0 Å².